The fourth-order valence-corrected chi connectivity index (χ4v) is 2.72. The quantitative estimate of drug-likeness (QED) is 0.720. The summed E-state index contributed by atoms with van der Waals surface area (Å²) in [6, 6.07) is 4.54. The van der Waals surface area contributed by atoms with Crippen LogP contribution in [0, 0.1) is 12.7 Å². The van der Waals surface area contributed by atoms with Crippen molar-refractivity contribution in [2.75, 3.05) is 14.1 Å². The first-order chi connectivity index (χ1) is 11.5. The van der Waals surface area contributed by atoms with Crippen LogP contribution in [0.15, 0.2) is 35.2 Å². The third kappa shape index (κ3) is 3.21. The van der Waals surface area contributed by atoms with Crippen LogP contribution in [0.3, 0.4) is 0 Å². The van der Waals surface area contributed by atoms with Crippen LogP contribution in [0.1, 0.15) is 34.6 Å². The van der Waals surface area contributed by atoms with E-state index in [2.05, 4.69) is 15.1 Å². The number of aromatic nitrogens is 4. The van der Waals surface area contributed by atoms with Gasteiger partial charge in [0.1, 0.15) is 11.9 Å². The highest BCUT2D eigenvalue weighted by atomic mass is 19.1. The summed E-state index contributed by atoms with van der Waals surface area (Å²) in [6.45, 7) is 1.87. The fraction of sp³-hybridized carbons (Fsp3) is 0.353. The van der Waals surface area contributed by atoms with Crippen molar-refractivity contribution in [3.8, 4) is 0 Å². The van der Waals surface area contributed by atoms with E-state index in [1.54, 1.807) is 18.6 Å². The molecular formula is C17H20FN5O. The molecule has 0 amide bonds. The van der Waals surface area contributed by atoms with E-state index in [0.29, 0.717) is 18.1 Å². The molecule has 2 heterocycles. The van der Waals surface area contributed by atoms with Crippen molar-refractivity contribution in [3.05, 3.63) is 65.1 Å². The lowest BCUT2D eigenvalue weighted by Crippen LogP contribution is -2.23. The van der Waals surface area contributed by atoms with E-state index in [-0.39, 0.29) is 11.9 Å². The standard InChI is InChI=1S/C17H20FN5O/c1-11-7-13(18)6-5-12(11)8-15-20-17(24-21-15)16(22(2)3)14-9-19-10-23(14)4/h5-7,9-10,16H,8H2,1-4H3. The molecule has 0 bridgehead atoms. The van der Waals surface area contributed by atoms with E-state index >= 15 is 0 Å². The summed E-state index contributed by atoms with van der Waals surface area (Å²) in [5.74, 6) is 0.848. The fourth-order valence-electron chi connectivity index (χ4n) is 2.72. The molecule has 2 aromatic heterocycles. The van der Waals surface area contributed by atoms with Crippen LogP contribution in [0.2, 0.25) is 0 Å². The Balaban J connectivity index is 1.87. The molecular weight excluding hydrogens is 309 g/mol. The second kappa shape index (κ2) is 6.52. The minimum atomic E-state index is -0.242. The van der Waals surface area contributed by atoms with Gasteiger partial charge in [0.25, 0.3) is 0 Å². The number of hydrogen-bond acceptors (Lipinski definition) is 5. The van der Waals surface area contributed by atoms with Gasteiger partial charge in [-0.3, -0.25) is 4.90 Å². The third-order valence-corrected chi connectivity index (χ3v) is 4.02. The van der Waals surface area contributed by atoms with Gasteiger partial charge in [-0.25, -0.2) is 9.37 Å². The Morgan fingerprint density at radius 2 is 2.12 bits per heavy atom. The molecule has 0 aliphatic heterocycles. The Labute approximate surface area is 139 Å². The van der Waals surface area contributed by atoms with Crippen LogP contribution in [-0.2, 0) is 13.5 Å². The van der Waals surface area contributed by atoms with Crippen LogP contribution in [-0.4, -0.2) is 38.7 Å². The Hall–Kier alpha value is -2.54. The van der Waals surface area contributed by atoms with Crippen molar-refractivity contribution in [2.45, 2.75) is 19.4 Å². The van der Waals surface area contributed by atoms with Gasteiger partial charge in [0.15, 0.2) is 5.82 Å². The number of aryl methyl sites for hydroxylation is 2. The van der Waals surface area contributed by atoms with Crippen LogP contribution >= 0.6 is 0 Å². The topological polar surface area (TPSA) is 60.0 Å². The molecule has 0 aliphatic carbocycles. The van der Waals surface area contributed by atoms with Crippen LogP contribution in [0.25, 0.3) is 0 Å². The Bertz CT molecular complexity index is 839. The van der Waals surface area contributed by atoms with Crippen molar-refractivity contribution in [1.82, 2.24) is 24.6 Å². The van der Waals surface area contributed by atoms with Crippen LogP contribution in [0.4, 0.5) is 4.39 Å². The molecule has 1 aromatic carbocycles. The van der Waals surface area contributed by atoms with E-state index in [1.807, 2.05) is 37.5 Å². The van der Waals surface area contributed by atoms with E-state index in [9.17, 15) is 4.39 Å². The van der Waals surface area contributed by atoms with E-state index in [0.717, 1.165) is 16.8 Å². The molecule has 0 aliphatic rings. The smallest absolute Gasteiger partial charge is 0.250 e. The predicted molar refractivity (Wildman–Crippen MR) is 87.0 cm³/mol. The molecule has 0 N–H and O–H groups in total. The van der Waals surface area contributed by atoms with Gasteiger partial charge in [0.2, 0.25) is 5.89 Å². The second-order valence-electron chi connectivity index (χ2n) is 6.09. The number of benzene rings is 1. The number of imidazole rings is 1. The maximum Gasteiger partial charge on any atom is 0.250 e. The van der Waals surface area contributed by atoms with Gasteiger partial charge in [-0.2, -0.15) is 4.98 Å². The van der Waals surface area contributed by atoms with Gasteiger partial charge in [0.05, 0.1) is 18.2 Å². The number of rotatable bonds is 5. The predicted octanol–water partition coefficient (Wildman–Crippen LogP) is 2.49. The average molecular weight is 329 g/mol. The lowest BCUT2D eigenvalue weighted by molar-refractivity contribution is 0.253. The molecule has 126 valence electrons. The van der Waals surface area contributed by atoms with Gasteiger partial charge in [-0.15, -0.1) is 0 Å². The lowest BCUT2D eigenvalue weighted by Gasteiger charge is -2.20. The summed E-state index contributed by atoms with van der Waals surface area (Å²) in [5, 5.41) is 4.08. The zero-order valence-electron chi connectivity index (χ0n) is 14.2. The van der Waals surface area contributed by atoms with Crippen LogP contribution in [0.5, 0.6) is 0 Å². The molecule has 0 radical (unpaired) electrons. The normalized spacial score (nSPS) is 12.8. The molecule has 0 saturated carbocycles. The SMILES string of the molecule is Cc1cc(F)ccc1Cc1noc(C(c2cncn2C)N(C)C)n1. The van der Waals surface area contributed by atoms with Crippen LogP contribution < -0.4 is 0 Å². The van der Waals surface area contributed by atoms with E-state index in [1.165, 1.54) is 12.1 Å². The number of hydrogen-bond donors (Lipinski definition) is 0. The molecule has 0 saturated heterocycles. The van der Waals surface area contributed by atoms with Gasteiger partial charge in [0, 0.05) is 13.5 Å². The maximum absolute atomic E-state index is 13.2. The highest BCUT2D eigenvalue weighted by Gasteiger charge is 2.26. The number of nitrogens with zero attached hydrogens (tertiary/aromatic N) is 5. The molecule has 6 nitrogen and oxygen atoms in total. The minimum Gasteiger partial charge on any atom is -0.337 e. The van der Waals surface area contributed by atoms with Gasteiger partial charge >= 0.3 is 0 Å². The summed E-state index contributed by atoms with van der Waals surface area (Å²) in [4.78, 5) is 10.7. The monoisotopic (exact) mass is 329 g/mol. The van der Waals surface area contributed by atoms with Crippen molar-refractivity contribution >= 4 is 0 Å². The first-order valence-corrected chi connectivity index (χ1v) is 7.66. The zero-order chi connectivity index (χ0) is 17.3. The molecule has 0 spiro atoms. The Morgan fingerprint density at radius 3 is 2.75 bits per heavy atom. The van der Waals surface area contributed by atoms with E-state index < -0.39 is 0 Å². The maximum atomic E-state index is 13.2. The largest absolute Gasteiger partial charge is 0.337 e. The average Bonchev–Trinajstić information content (AvgIpc) is 3.13. The first-order valence-electron chi connectivity index (χ1n) is 7.66. The van der Waals surface area contributed by atoms with E-state index in [4.69, 9.17) is 4.52 Å². The third-order valence-electron chi connectivity index (χ3n) is 4.02. The molecule has 3 rings (SSSR count). The highest BCUT2D eigenvalue weighted by molar-refractivity contribution is 5.29. The molecule has 0 fully saturated rings. The lowest BCUT2D eigenvalue weighted by atomic mass is 10.1. The molecule has 1 unspecified atom stereocenters. The van der Waals surface area contributed by atoms with Crippen molar-refractivity contribution in [2.24, 2.45) is 7.05 Å². The summed E-state index contributed by atoms with van der Waals surface area (Å²) in [6.07, 6.45) is 4.03. The van der Waals surface area contributed by atoms with Gasteiger partial charge in [-0.1, -0.05) is 11.2 Å². The van der Waals surface area contributed by atoms with Gasteiger partial charge < -0.3 is 9.09 Å². The molecule has 1 atom stereocenters. The summed E-state index contributed by atoms with van der Waals surface area (Å²) < 4.78 is 20.6. The van der Waals surface area contributed by atoms with Crippen molar-refractivity contribution < 1.29 is 8.91 Å². The number of halogens is 1. The zero-order valence-corrected chi connectivity index (χ0v) is 14.2. The van der Waals surface area contributed by atoms with Crippen molar-refractivity contribution in [1.29, 1.82) is 0 Å². The Morgan fingerprint density at radius 1 is 1.33 bits per heavy atom. The summed E-state index contributed by atoms with van der Waals surface area (Å²) >= 11 is 0. The summed E-state index contributed by atoms with van der Waals surface area (Å²) in [5.41, 5.74) is 2.82. The Kier molecular flexibility index (Phi) is 4.44. The molecule has 3 aromatic rings. The summed E-state index contributed by atoms with van der Waals surface area (Å²) in [7, 11) is 5.83. The second-order valence-corrected chi connectivity index (χ2v) is 6.09. The first kappa shape index (κ1) is 16.3. The molecule has 24 heavy (non-hydrogen) atoms. The van der Waals surface area contributed by atoms with Gasteiger partial charge in [-0.05, 0) is 44.3 Å². The highest BCUT2D eigenvalue weighted by Crippen LogP contribution is 2.25. The molecule has 7 heteroatoms. The minimum absolute atomic E-state index is 0.173. The van der Waals surface area contributed by atoms with Crippen molar-refractivity contribution in [3.63, 3.8) is 0 Å².